The molecule has 0 bridgehead atoms. The number of aliphatic hydroxyl groups is 1. The lowest BCUT2D eigenvalue weighted by Crippen LogP contribution is -2.30. The highest BCUT2D eigenvalue weighted by atomic mass is 16.7. The molecule has 0 saturated carbocycles. The standard InChI is InChI=1S/C24H25NO6/c1-3-5-11-25-21(15-7-6-8-17(12-15)29-4-2)20(23(27)24(25)28)22(26)16-9-10-18-19(13-16)31-14-30-18/h6-10,12-13,21,26H,3-5,11,14H2,1-2H3/b22-20-. The van der Waals surface area contributed by atoms with Crippen LogP contribution in [0.25, 0.3) is 5.76 Å². The Morgan fingerprint density at radius 3 is 2.71 bits per heavy atom. The zero-order valence-electron chi connectivity index (χ0n) is 17.6. The summed E-state index contributed by atoms with van der Waals surface area (Å²) in [5.74, 6) is 0.160. The minimum atomic E-state index is -0.697. The zero-order valence-corrected chi connectivity index (χ0v) is 17.6. The van der Waals surface area contributed by atoms with E-state index in [1.165, 1.54) is 4.90 Å². The third-order valence-electron chi connectivity index (χ3n) is 5.42. The van der Waals surface area contributed by atoms with Gasteiger partial charge in [0.25, 0.3) is 11.7 Å². The quantitative estimate of drug-likeness (QED) is 0.411. The molecule has 7 nitrogen and oxygen atoms in total. The van der Waals surface area contributed by atoms with Crippen LogP contribution in [-0.4, -0.2) is 41.6 Å². The van der Waals surface area contributed by atoms with Crippen LogP contribution in [0.2, 0.25) is 0 Å². The number of unbranched alkanes of at least 4 members (excludes halogenated alkanes) is 1. The molecule has 2 heterocycles. The van der Waals surface area contributed by atoms with Gasteiger partial charge in [0.1, 0.15) is 11.5 Å². The molecule has 0 radical (unpaired) electrons. The second-order valence-corrected chi connectivity index (χ2v) is 7.42. The van der Waals surface area contributed by atoms with Crippen molar-refractivity contribution in [1.29, 1.82) is 0 Å². The fourth-order valence-corrected chi connectivity index (χ4v) is 3.93. The van der Waals surface area contributed by atoms with Crippen LogP contribution in [0.15, 0.2) is 48.0 Å². The number of hydrogen-bond donors (Lipinski definition) is 1. The first-order chi connectivity index (χ1) is 15.0. The third kappa shape index (κ3) is 3.83. The molecule has 2 aliphatic heterocycles. The number of rotatable bonds is 7. The van der Waals surface area contributed by atoms with Crippen molar-refractivity contribution < 1.29 is 28.9 Å². The van der Waals surface area contributed by atoms with E-state index in [4.69, 9.17) is 14.2 Å². The summed E-state index contributed by atoms with van der Waals surface area (Å²) >= 11 is 0. The van der Waals surface area contributed by atoms with Gasteiger partial charge in [0.05, 0.1) is 18.2 Å². The molecular formula is C24H25NO6. The van der Waals surface area contributed by atoms with Gasteiger partial charge in [-0.2, -0.15) is 0 Å². The molecule has 1 saturated heterocycles. The zero-order chi connectivity index (χ0) is 22.0. The lowest BCUT2D eigenvalue weighted by atomic mass is 9.95. The molecule has 1 fully saturated rings. The molecule has 1 N–H and O–H groups in total. The maximum Gasteiger partial charge on any atom is 0.295 e. The van der Waals surface area contributed by atoms with E-state index in [0.29, 0.717) is 41.5 Å². The highest BCUT2D eigenvalue weighted by molar-refractivity contribution is 6.46. The van der Waals surface area contributed by atoms with Crippen LogP contribution >= 0.6 is 0 Å². The van der Waals surface area contributed by atoms with E-state index in [9.17, 15) is 14.7 Å². The molecule has 0 aliphatic carbocycles. The Bertz CT molecular complexity index is 1040. The molecule has 2 aliphatic rings. The van der Waals surface area contributed by atoms with Gasteiger partial charge in [-0.3, -0.25) is 9.59 Å². The number of Topliss-reactive ketones (excluding diaryl/α,β-unsaturated/α-hetero) is 1. The average molecular weight is 423 g/mol. The van der Waals surface area contributed by atoms with Crippen LogP contribution in [0.3, 0.4) is 0 Å². The Morgan fingerprint density at radius 1 is 1.13 bits per heavy atom. The normalized spacial score (nSPS) is 19.2. The van der Waals surface area contributed by atoms with Gasteiger partial charge in [-0.1, -0.05) is 25.5 Å². The van der Waals surface area contributed by atoms with E-state index in [-0.39, 0.29) is 18.1 Å². The first-order valence-electron chi connectivity index (χ1n) is 10.5. The monoisotopic (exact) mass is 423 g/mol. The maximum absolute atomic E-state index is 13.0. The number of amides is 1. The van der Waals surface area contributed by atoms with E-state index in [1.807, 2.05) is 38.1 Å². The average Bonchev–Trinajstić information content (AvgIpc) is 3.34. The van der Waals surface area contributed by atoms with Crippen LogP contribution in [-0.2, 0) is 9.59 Å². The van der Waals surface area contributed by atoms with Crippen molar-refractivity contribution in [2.75, 3.05) is 19.9 Å². The summed E-state index contributed by atoms with van der Waals surface area (Å²) < 4.78 is 16.3. The largest absolute Gasteiger partial charge is 0.507 e. The molecule has 1 unspecified atom stereocenters. The number of benzene rings is 2. The van der Waals surface area contributed by atoms with Crippen LogP contribution in [0, 0.1) is 0 Å². The van der Waals surface area contributed by atoms with Gasteiger partial charge < -0.3 is 24.2 Å². The van der Waals surface area contributed by atoms with Crippen molar-refractivity contribution in [3.63, 3.8) is 0 Å². The van der Waals surface area contributed by atoms with Crippen molar-refractivity contribution >= 4 is 17.4 Å². The fraction of sp³-hybridized carbons (Fsp3) is 0.333. The smallest absolute Gasteiger partial charge is 0.295 e. The number of ketones is 1. The number of ether oxygens (including phenoxy) is 3. The van der Waals surface area contributed by atoms with Crippen molar-refractivity contribution in [2.45, 2.75) is 32.7 Å². The number of hydrogen-bond acceptors (Lipinski definition) is 6. The van der Waals surface area contributed by atoms with Crippen LogP contribution < -0.4 is 14.2 Å². The summed E-state index contributed by atoms with van der Waals surface area (Å²) in [4.78, 5) is 27.5. The molecular weight excluding hydrogens is 398 g/mol. The highest BCUT2D eigenvalue weighted by Crippen LogP contribution is 2.42. The van der Waals surface area contributed by atoms with E-state index in [1.54, 1.807) is 18.2 Å². The molecule has 162 valence electrons. The van der Waals surface area contributed by atoms with Gasteiger partial charge in [-0.15, -0.1) is 0 Å². The van der Waals surface area contributed by atoms with Crippen molar-refractivity contribution in [3.8, 4) is 17.2 Å². The Hall–Kier alpha value is -3.48. The minimum absolute atomic E-state index is 0.0635. The van der Waals surface area contributed by atoms with Gasteiger partial charge in [0.2, 0.25) is 6.79 Å². The van der Waals surface area contributed by atoms with Crippen molar-refractivity contribution in [2.24, 2.45) is 0 Å². The van der Waals surface area contributed by atoms with Gasteiger partial charge in [0, 0.05) is 12.1 Å². The predicted octanol–water partition coefficient (Wildman–Crippen LogP) is 4.04. The maximum atomic E-state index is 13.0. The fourth-order valence-electron chi connectivity index (χ4n) is 3.93. The topological polar surface area (TPSA) is 85.3 Å². The Balaban J connectivity index is 1.83. The first-order valence-corrected chi connectivity index (χ1v) is 10.5. The summed E-state index contributed by atoms with van der Waals surface area (Å²) in [5, 5.41) is 11.1. The van der Waals surface area contributed by atoms with Crippen LogP contribution in [0.1, 0.15) is 43.9 Å². The number of nitrogens with zero attached hydrogens (tertiary/aromatic N) is 1. The summed E-state index contributed by atoms with van der Waals surface area (Å²) in [6.07, 6.45) is 1.62. The van der Waals surface area contributed by atoms with E-state index in [0.717, 1.165) is 12.8 Å². The second kappa shape index (κ2) is 8.71. The molecule has 0 spiro atoms. The minimum Gasteiger partial charge on any atom is -0.507 e. The number of carbonyl (C=O) groups excluding carboxylic acids is 2. The van der Waals surface area contributed by atoms with Gasteiger partial charge in [0.15, 0.2) is 11.5 Å². The molecule has 4 rings (SSSR count). The lowest BCUT2D eigenvalue weighted by Gasteiger charge is -2.25. The molecule has 0 aromatic heterocycles. The molecule has 1 amide bonds. The summed E-state index contributed by atoms with van der Waals surface area (Å²) in [5.41, 5.74) is 1.17. The Kier molecular flexibility index (Phi) is 5.84. The molecule has 2 aromatic carbocycles. The Morgan fingerprint density at radius 2 is 1.94 bits per heavy atom. The summed E-state index contributed by atoms with van der Waals surface area (Å²) in [7, 11) is 0. The SMILES string of the molecule is CCCCN1C(=O)C(=O)/C(=C(\O)c2ccc3c(c2)OCO3)C1c1cccc(OCC)c1. The number of fused-ring (bicyclic) bond motifs is 1. The predicted molar refractivity (Wildman–Crippen MR) is 114 cm³/mol. The van der Waals surface area contributed by atoms with Gasteiger partial charge in [-0.25, -0.2) is 0 Å². The lowest BCUT2D eigenvalue weighted by molar-refractivity contribution is -0.139. The van der Waals surface area contributed by atoms with Crippen LogP contribution in [0.5, 0.6) is 17.2 Å². The molecule has 31 heavy (non-hydrogen) atoms. The van der Waals surface area contributed by atoms with Gasteiger partial charge in [-0.05, 0) is 49.2 Å². The van der Waals surface area contributed by atoms with E-state index >= 15 is 0 Å². The third-order valence-corrected chi connectivity index (χ3v) is 5.42. The highest BCUT2D eigenvalue weighted by Gasteiger charge is 2.45. The number of likely N-dealkylation sites (tertiary alicyclic amines) is 1. The van der Waals surface area contributed by atoms with E-state index in [2.05, 4.69) is 0 Å². The van der Waals surface area contributed by atoms with Crippen molar-refractivity contribution in [1.82, 2.24) is 4.90 Å². The summed E-state index contributed by atoms with van der Waals surface area (Å²) in [6, 6.07) is 11.5. The van der Waals surface area contributed by atoms with E-state index < -0.39 is 17.7 Å². The number of aliphatic hydroxyl groups excluding tert-OH is 1. The first kappa shape index (κ1) is 20.8. The Labute approximate surface area is 180 Å². The number of carbonyl (C=O) groups is 2. The summed E-state index contributed by atoms with van der Waals surface area (Å²) in [6.45, 7) is 4.93. The second-order valence-electron chi connectivity index (χ2n) is 7.42. The molecule has 7 heteroatoms. The molecule has 1 atom stereocenters. The molecule has 2 aromatic rings. The van der Waals surface area contributed by atoms with Crippen molar-refractivity contribution in [3.05, 3.63) is 59.2 Å². The van der Waals surface area contributed by atoms with Gasteiger partial charge >= 0.3 is 0 Å². The van der Waals surface area contributed by atoms with Crippen LogP contribution in [0.4, 0.5) is 0 Å².